The van der Waals surface area contributed by atoms with Crippen molar-refractivity contribution in [3.8, 4) is 0 Å². The van der Waals surface area contributed by atoms with Crippen LogP contribution in [0.2, 0.25) is 0 Å². The molecule has 24 heavy (non-hydrogen) atoms. The van der Waals surface area contributed by atoms with E-state index in [0.29, 0.717) is 0 Å². The molecule has 0 aliphatic carbocycles. The zero-order valence-corrected chi connectivity index (χ0v) is 14.0. The van der Waals surface area contributed by atoms with Gasteiger partial charge in [-0.3, -0.25) is 29.0 Å². The van der Waals surface area contributed by atoms with Crippen LogP contribution in [0.1, 0.15) is 27.7 Å². The highest BCUT2D eigenvalue weighted by Gasteiger charge is 2.33. The molecule has 0 rings (SSSR count). The van der Waals surface area contributed by atoms with Gasteiger partial charge in [0.2, 0.25) is 0 Å². The fourth-order valence-electron chi connectivity index (χ4n) is 2.24. The summed E-state index contributed by atoms with van der Waals surface area (Å²) in [5.74, 6) is -4.92. The first-order valence-electron chi connectivity index (χ1n) is 7.34. The fraction of sp³-hybridized carbons (Fsp3) is 0.714. The third kappa shape index (κ3) is 5.78. The van der Waals surface area contributed by atoms with Gasteiger partial charge >= 0.3 is 23.9 Å². The lowest BCUT2D eigenvalue weighted by Crippen LogP contribution is -2.54. The van der Waals surface area contributed by atoms with E-state index >= 15 is 0 Å². The number of hydrogen-bond donors (Lipinski definition) is 4. The summed E-state index contributed by atoms with van der Waals surface area (Å²) >= 11 is 0. The van der Waals surface area contributed by atoms with Crippen molar-refractivity contribution in [3.63, 3.8) is 0 Å². The van der Waals surface area contributed by atoms with Crippen molar-refractivity contribution in [3.05, 3.63) is 0 Å². The second-order valence-electron chi connectivity index (χ2n) is 5.53. The van der Waals surface area contributed by atoms with Gasteiger partial charge in [-0.25, -0.2) is 0 Å². The second kappa shape index (κ2) is 9.18. The fourth-order valence-corrected chi connectivity index (χ4v) is 2.24. The van der Waals surface area contributed by atoms with E-state index in [1.54, 1.807) is 0 Å². The molecule has 10 heteroatoms. The lowest BCUT2D eigenvalue weighted by Gasteiger charge is -2.35. The highest BCUT2D eigenvalue weighted by Crippen LogP contribution is 2.11. The molecule has 4 unspecified atom stereocenters. The maximum atomic E-state index is 11.2. The maximum Gasteiger partial charge on any atom is 0.320 e. The maximum absolute atomic E-state index is 11.2. The third-order valence-corrected chi connectivity index (χ3v) is 4.04. The number of aliphatic carboxylic acids is 4. The van der Waals surface area contributed by atoms with E-state index < -0.39 is 48.0 Å². The summed E-state index contributed by atoms with van der Waals surface area (Å²) in [5.41, 5.74) is 0. The van der Waals surface area contributed by atoms with Crippen LogP contribution >= 0.6 is 0 Å². The molecule has 138 valence electrons. The molecule has 0 saturated heterocycles. The Morgan fingerprint density at radius 2 is 0.750 bits per heavy atom. The van der Waals surface area contributed by atoms with Crippen molar-refractivity contribution in [2.45, 2.75) is 51.9 Å². The first-order valence-corrected chi connectivity index (χ1v) is 7.34. The van der Waals surface area contributed by atoms with Crippen LogP contribution in [0.3, 0.4) is 0 Å². The molecular formula is C14H24N2O8. The van der Waals surface area contributed by atoms with Gasteiger partial charge in [-0.2, -0.15) is 0 Å². The van der Waals surface area contributed by atoms with Crippen LogP contribution < -0.4 is 0 Å². The summed E-state index contributed by atoms with van der Waals surface area (Å²) in [4.78, 5) is 47.0. The molecule has 0 aliphatic rings. The molecular weight excluding hydrogens is 324 g/mol. The van der Waals surface area contributed by atoms with Gasteiger partial charge in [-0.1, -0.05) is 0 Å². The zero-order valence-electron chi connectivity index (χ0n) is 14.0. The van der Waals surface area contributed by atoms with Crippen LogP contribution in [0.15, 0.2) is 0 Å². The molecule has 0 aliphatic heterocycles. The molecule has 0 saturated carbocycles. The SMILES string of the molecule is CC(C(=O)O)N(CCN(C(C)C(=O)O)C(C)C(=O)O)C(C)C(=O)O. The normalized spacial score (nSPS) is 16.4. The minimum Gasteiger partial charge on any atom is -0.480 e. The van der Waals surface area contributed by atoms with Crippen LogP contribution in [0.5, 0.6) is 0 Å². The average molecular weight is 348 g/mol. The van der Waals surface area contributed by atoms with Gasteiger partial charge < -0.3 is 20.4 Å². The molecule has 0 aromatic heterocycles. The molecule has 0 spiro atoms. The Morgan fingerprint density at radius 1 is 0.583 bits per heavy atom. The van der Waals surface area contributed by atoms with Crippen molar-refractivity contribution < 1.29 is 39.6 Å². The van der Waals surface area contributed by atoms with Crippen LogP contribution in [0, 0.1) is 0 Å². The Labute approximate surface area is 139 Å². The molecule has 0 amide bonds. The summed E-state index contributed by atoms with van der Waals surface area (Å²) in [5, 5.41) is 36.4. The lowest BCUT2D eigenvalue weighted by molar-refractivity contribution is -0.154. The number of nitrogens with zero attached hydrogens (tertiary/aromatic N) is 2. The zero-order chi connectivity index (χ0) is 19.2. The predicted molar refractivity (Wildman–Crippen MR) is 81.8 cm³/mol. The molecule has 10 nitrogen and oxygen atoms in total. The number of rotatable bonds is 11. The summed E-state index contributed by atoms with van der Waals surface area (Å²) in [7, 11) is 0. The standard InChI is InChI=1S/C14H24N2O8/c1-7(11(17)18)15(8(2)12(19)20)5-6-16(9(3)13(21)22)10(4)14(23)24/h7-10H,5-6H2,1-4H3,(H,17,18)(H,19,20)(H,21,22)(H,23,24). The van der Waals surface area contributed by atoms with Crippen molar-refractivity contribution in [1.82, 2.24) is 9.80 Å². The smallest absolute Gasteiger partial charge is 0.320 e. The van der Waals surface area contributed by atoms with Crippen LogP contribution in [-0.2, 0) is 19.2 Å². The lowest BCUT2D eigenvalue weighted by atomic mass is 10.1. The summed E-state index contributed by atoms with van der Waals surface area (Å²) in [6.45, 7) is 5.02. The van der Waals surface area contributed by atoms with Gasteiger partial charge in [0.05, 0.1) is 0 Å². The van der Waals surface area contributed by atoms with E-state index in [-0.39, 0.29) is 13.1 Å². The Morgan fingerprint density at radius 3 is 0.875 bits per heavy atom. The van der Waals surface area contributed by atoms with Crippen LogP contribution in [0.4, 0.5) is 0 Å². The predicted octanol–water partition coefficient (Wildman–Crippen LogP) is -0.517. The molecule has 0 radical (unpaired) electrons. The molecule has 0 heterocycles. The van der Waals surface area contributed by atoms with Crippen LogP contribution in [-0.4, -0.2) is 91.4 Å². The number of hydrogen-bond acceptors (Lipinski definition) is 6. The Balaban J connectivity index is 5.36. The van der Waals surface area contributed by atoms with Gasteiger partial charge in [-0.15, -0.1) is 0 Å². The van der Waals surface area contributed by atoms with E-state index in [4.69, 9.17) is 20.4 Å². The van der Waals surface area contributed by atoms with E-state index in [2.05, 4.69) is 0 Å². The van der Waals surface area contributed by atoms with Crippen molar-refractivity contribution in [2.24, 2.45) is 0 Å². The van der Waals surface area contributed by atoms with Crippen molar-refractivity contribution in [2.75, 3.05) is 13.1 Å². The van der Waals surface area contributed by atoms with E-state index in [1.807, 2.05) is 0 Å². The van der Waals surface area contributed by atoms with Gasteiger partial charge in [0.25, 0.3) is 0 Å². The molecule has 4 atom stereocenters. The molecule has 0 bridgehead atoms. The van der Waals surface area contributed by atoms with E-state index in [1.165, 1.54) is 37.5 Å². The first-order chi connectivity index (χ1) is 10.9. The largest absolute Gasteiger partial charge is 0.480 e. The first kappa shape index (κ1) is 21.8. The topological polar surface area (TPSA) is 156 Å². The minimum absolute atomic E-state index is 0.115. The molecule has 4 N–H and O–H groups in total. The van der Waals surface area contributed by atoms with Gasteiger partial charge in [0, 0.05) is 13.1 Å². The molecule has 0 aromatic rings. The number of carbonyl (C=O) groups is 4. The van der Waals surface area contributed by atoms with Crippen LogP contribution in [0.25, 0.3) is 0 Å². The van der Waals surface area contributed by atoms with Gasteiger partial charge in [0.1, 0.15) is 24.2 Å². The number of carboxylic acids is 4. The quantitative estimate of drug-likeness (QED) is 0.383. The Bertz CT molecular complexity index is 411. The molecule has 0 aromatic carbocycles. The average Bonchev–Trinajstić information content (AvgIpc) is 2.48. The third-order valence-electron chi connectivity index (χ3n) is 4.04. The second-order valence-corrected chi connectivity index (χ2v) is 5.53. The Hall–Kier alpha value is -2.20. The van der Waals surface area contributed by atoms with E-state index in [0.717, 1.165) is 0 Å². The van der Waals surface area contributed by atoms with Crippen molar-refractivity contribution >= 4 is 23.9 Å². The van der Waals surface area contributed by atoms with Gasteiger partial charge in [0.15, 0.2) is 0 Å². The highest BCUT2D eigenvalue weighted by atomic mass is 16.4. The monoisotopic (exact) mass is 348 g/mol. The minimum atomic E-state index is -1.23. The Kier molecular flexibility index (Phi) is 8.34. The van der Waals surface area contributed by atoms with Crippen molar-refractivity contribution in [1.29, 1.82) is 0 Å². The molecule has 0 fully saturated rings. The van der Waals surface area contributed by atoms with E-state index in [9.17, 15) is 19.2 Å². The van der Waals surface area contributed by atoms with Gasteiger partial charge in [-0.05, 0) is 27.7 Å². The summed E-state index contributed by atoms with van der Waals surface area (Å²) in [6.07, 6.45) is 0. The summed E-state index contributed by atoms with van der Waals surface area (Å²) in [6, 6.07) is -4.51. The summed E-state index contributed by atoms with van der Waals surface area (Å²) < 4.78 is 0. The number of carboxylic acid groups (broad SMARTS) is 4. The highest BCUT2D eigenvalue weighted by molar-refractivity contribution is 5.77.